The monoisotopic (exact) mass is 1040 g/mol. The number of carboxylic acid groups (broad SMARTS) is 3. The summed E-state index contributed by atoms with van der Waals surface area (Å²) in [7, 11) is 0. The number of carbonyl (C=O) groups excluding carboxylic acids is 2. The molecule has 11 atom stereocenters. The third kappa shape index (κ3) is 24.5. The van der Waals surface area contributed by atoms with Crippen LogP contribution in [0.3, 0.4) is 0 Å². The van der Waals surface area contributed by atoms with Crippen LogP contribution in [-0.2, 0) is 24.0 Å². The van der Waals surface area contributed by atoms with Crippen LogP contribution in [-0.4, -0.2) is 64.8 Å². The van der Waals surface area contributed by atoms with Crippen molar-refractivity contribution in [1.82, 2.24) is 5.32 Å². The maximum absolute atomic E-state index is 10.8. The van der Waals surface area contributed by atoms with Crippen LogP contribution in [0.2, 0.25) is 0 Å². The number of nitrogens with one attached hydrogen (secondary N) is 1. The minimum atomic E-state index is -0.713. The number of amides is 1. The average Bonchev–Trinajstić information content (AvgIpc) is 4.20. The lowest BCUT2D eigenvalue weighted by Crippen LogP contribution is -2.34. The van der Waals surface area contributed by atoms with Crippen LogP contribution < -0.4 is 11.1 Å². The summed E-state index contributed by atoms with van der Waals surface area (Å²) in [5, 5.41) is 29.2. The summed E-state index contributed by atoms with van der Waals surface area (Å²) in [6.07, 6.45) is 31.8. The molecule has 6 saturated carbocycles. The molecule has 6 N–H and O–H groups in total. The van der Waals surface area contributed by atoms with E-state index in [4.69, 9.17) is 21.1 Å². The fourth-order valence-corrected chi connectivity index (χ4v) is 14.2. The average molecular weight is 1040 g/mol. The Morgan fingerprint density at radius 3 is 0.972 bits per heavy atom. The second-order valence-corrected chi connectivity index (χ2v) is 25.4. The van der Waals surface area contributed by atoms with Gasteiger partial charge < -0.3 is 26.4 Å². The van der Waals surface area contributed by atoms with E-state index in [0.717, 1.165) is 106 Å². The Hall–Kier alpha value is -2.49. The number of rotatable bonds is 17. The summed E-state index contributed by atoms with van der Waals surface area (Å²) < 4.78 is 0. The first-order chi connectivity index (χ1) is 33.3. The first-order valence-corrected chi connectivity index (χ1v) is 28.9. The summed E-state index contributed by atoms with van der Waals surface area (Å²) in [6, 6.07) is 0. The summed E-state index contributed by atoms with van der Waals surface area (Å²) in [6.45, 7) is 30.6. The van der Waals surface area contributed by atoms with Crippen molar-refractivity contribution in [3.05, 3.63) is 0 Å². The molecule has 1 amide bonds. The second-order valence-electron chi connectivity index (χ2n) is 25.4. The summed E-state index contributed by atoms with van der Waals surface area (Å²) >= 11 is 0. The number of aliphatic imine (C=N–C) groups is 1. The molecule has 0 radical (unpaired) electrons. The van der Waals surface area contributed by atoms with Crippen molar-refractivity contribution in [1.29, 1.82) is 0 Å². The third-order valence-electron chi connectivity index (χ3n) is 19.4. The molecule has 0 saturated heterocycles. The van der Waals surface area contributed by atoms with E-state index in [1.54, 1.807) is 13.0 Å². The van der Waals surface area contributed by atoms with Crippen LogP contribution in [0.25, 0.3) is 0 Å². The second kappa shape index (κ2) is 33.5. The zero-order chi connectivity index (χ0) is 54.1. The van der Waals surface area contributed by atoms with Crippen molar-refractivity contribution in [2.75, 3.05) is 19.6 Å². The molecule has 12 heteroatoms. The number of hydrogen-bond donors (Lipinski definition) is 5. The van der Waals surface area contributed by atoms with Gasteiger partial charge in [-0.3, -0.25) is 19.2 Å². The number of carbonyl (C=O) groups is 4. The molecular formula is C60H112ClN3O8. The van der Waals surface area contributed by atoms with Gasteiger partial charge in [-0.25, -0.2) is 9.79 Å². The zero-order valence-electron chi connectivity index (χ0n) is 48.5. The molecule has 0 bridgehead atoms. The van der Waals surface area contributed by atoms with Gasteiger partial charge in [0.05, 0.1) is 25.8 Å². The van der Waals surface area contributed by atoms with Crippen LogP contribution in [0.1, 0.15) is 263 Å². The molecule has 422 valence electrons. The van der Waals surface area contributed by atoms with Crippen molar-refractivity contribution < 1.29 is 39.3 Å². The van der Waals surface area contributed by atoms with E-state index in [2.05, 4.69) is 93.4 Å². The number of aliphatic carboxylic acids is 3. The van der Waals surface area contributed by atoms with E-state index in [9.17, 15) is 24.0 Å². The van der Waals surface area contributed by atoms with E-state index in [-0.39, 0.29) is 41.0 Å². The highest BCUT2D eigenvalue weighted by atomic mass is 35.5. The highest BCUT2D eigenvalue weighted by molar-refractivity contribution is 5.85. The predicted octanol–water partition coefficient (Wildman–Crippen LogP) is 15.5. The number of nitrogens with zero attached hydrogens (tertiary/aromatic N) is 1. The van der Waals surface area contributed by atoms with Crippen molar-refractivity contribution in [3.63, 3.8) is 0 Å². The Balaban J connectivity index is 0.000000839. The summed E-state index contributed by atoms with van der Waals surface area (Å²) in [5.41, 5.74) is 7.27. The molecule has 0 aromatic rings. The molecular weight excluding hydrogens is 926 g/mol. The Bertz CT molecular complexity index is 1500. The molecule has 6 fully saturated rings. The quantitative estimate of drug-likeness (QED) is 0.0695. The minimum Gasteiger partial charge on any atom is -0.481 e. The van der Waals surface area contributed by atoms with Gasteiger partial charge in [0.1, 0.15) is 0 Å². The molecule has 6 rings (SSSR count). The van der Waals surface area contributed by atoms with Gasteiger partial charge in [0.15, 0.2) is 0 Å². The van der Waals surface area contributed by atoms with Crippen molar-refractivity contribution in [2.45, 2.75) is 263 Å². The molecule has 0 heterocycles. The van der Waals surface area contributed by atoms with Gasteiger partial charge in [-0.1, -0.05) is 134 Å². The largest absolute Gasteiger partial charge is 0.481 e. The number of halogens is 1. The molecule has 0 aromatic carbocycles. The van der Waals surface area contributed by atoms with E-state index in [0.29, 0.717) is 42.7 Å². The SMILES string of the molecule is CCC1(CC)CC[C@@H](C)C1.CC[C@@]1(CC(=O)O)CC[C@@H](C)C1.CC[C@@]1(CN=C=O)CC[C@@H](C)C1.CC[C@@]1(CNC(C)=O)CC[C@@H](C)C1.CC[C@]1(CC(=O)O)CC[C@@H](C)C1.C[C@@H]1CC[C@](CN)(CC(=O)O)C1.Cl. The molecule has 11 nitrogen and oxygen atoms in total. The Morgan fingerprint density at radius 1 is 0.486 bits per heavy atom. The van der Waals surface area contributed by atoms with Gasteiger partial charge in [-0.05, 0) is 177 Å². The fourth-order valence-electron chi connectivity index (χ4n) is 14.2. The van der Waals surface area contributed by atoms with Gasteiger partial charge in [0.25, 0.3) is 0 Å². The van der Waals surface area contributed by atoms with Gasteiger partial charge in [-0.15, -0.1) is 12.4 Å². The van der Waals surface area contributed by atoms with E-state index in [1.165, 1.54) is 89.9 Å². The van der Waals surface area contributed by atoms with Gasteiger partial charge in [0.2, 0.25) is 12.0 Å². The third-order valence-corrected chi connectivity index (χ3v) is 19.4. The van der Waals surface area contributed by atoms with E-state index >= 15 is 0 Å². The minimum absolute atomic E-state index is 0. The molecule has 0 aliphatic heterocycles. The smallest absolute Gasteiger partial charge is 0.303 e. The number of carboxylic acids is 3. The van der Waals surface area contributed by atoms with E-state index < -0.39 is 17.9 Å². The molecule has 6 aliphatic rings. The molecule has 0 aromatic heterocycles. The highest BCUT2D eigenvalue weighted by Crippen LogP contribution is 2.49. The number of nitrogens with two attached hydrogens (primary N) is 1. The van der Waals surface area contributed by atoms with Crippen LogP contribution in [0.4, 0.5) is 0 Å². The fraction of sp³-hybridized carbons (Fsp3) is 0.917. The van der Waals surface area contributed by atoms with Crippen molar-refractivity contribution in [3.8, 4) is 0 Å². The first kappa shape index (κ1) is 69.5. The maximum Gasteiger partial charge on any atom is 0.303 e. The van der Waals surface area contributed by atoms with E-state index in [1.807, 2.05) is 0 Å². The topological polar surface area (TPSA) is 196 Å². The molecule has 0 unspecified atom stereocenters. The van der Waals surface area contributed by atoms with Crippen molar-refractivity contribution in [2.24, 2.45) is 78.7 Å². The highest BCUT2D eigenvalue weighted by Gasteiger charge is 2.41. The van der Waals surface area contributed by atoms with Crippen LogP contribution in [0.5, 0.6) is 0 Å². The number of hydrogen-bond acceptors (Lipinski definition) is 7. The Kier molecular flexibility index (Phi) is 32.4. The standard InChI is InChI=1S/C11H21NO.C10H17NO.2C10H18O2.C10H20.C9H17NO2.ClH/c1-4-11(8-12-10(3)13)6-5-9(2)7-11;1-3-10(7-11-8-12)5-4-9(2)6-10;2*1-3-10(7-9(11)12)5-4-8(2)6-10;1-4-10(5-2)7-6-9(3)8-10;1-7-2-3-9(4-7,6-10)5-8(11)12;/h9H,4-8H2,1-3H3,(H,12,13);9H,3-7H2,1-2H3;2*8H,3-7H2,1-2H3,(H,11,12);9H,4-8H2,1-3H3;7H,2-6,10H2,1H3,(H,11,12);1H/t9-,11-;9-,10-;8-,10+;8-,10-;9-;7-,9-;/m111111./s1. The Morgan fingerprint density at radius 2 is 0.750 bits per heavy atom. The predicted molar refractivity (Wildman–Crippen MR) is 299 cm³/mol. The Labute approximate surface area is 446 Å². The lowest BCUT2D eigenvalue weighted by Gasteiger charge is -2.27. The van der Waals surface area contributed by atoms with Gasteiger partial charge in [-0.2, -0.15) is 0 Å². The van der Waals surface area contributed by atoms with Crippen LogP contribution in [0.15, 0.2) is 4.99 Å². The molecule has 72 heavy (non-hydrogen) atoms. The first-order valence-electron chi connectivity index (χ1n) is 28.9. The molecule has 0 spiro atoms. The number of isocyanates is 1. The van der Waals surface area contributed by atoms with Gasteiger partial charge in [0, 0.05) is 13.5 Å². The maximum atomic E-state index is 10.8. The van der Waals surface area contributed by atoms with Crippen molar-refractivity contribution >= 4 is 42.3 Å². The normalized spacial score (nSPS) is 33.8. The molecule has 6 aliphatic carbocycles. The van der Waals surface area contributed by atoms with Crippen LogP contribution >= 0.6 is 12.4 Å². The lowest BCUT2D eigenvalue weighted by molar-refractivity contribution is -0.140. The zero-order valence-corrected chi connectivity index (χ0v) is 49.3. The summed E-state index contributed by atoms with van der Waals surface area (Å²) in [5.74, 6) is 2.88. The summed E-state index contributed by atoms with van der Waals surface area (Å²) in [4.78, 5) is 56.4. The van der Waals surface area contributed by atoms with Crippen LogP contribution in [0, 0.1) is 68.0 Å². The van der Waals surface area contributed by atoms with Gasteiger partial charge >= 0.3 is 17.9 Å². The lowest BCUT2D eigenvalue weighted by atomic mass is 9.79.